The molecule has 0 aromatic carbocycles. The van der Waals surface area contributed by atoms with Crippen LogP contribution < -0.4 is 0 Å². The second kappa shape index (κ2) is 3.35. The molecular formula is C10H10Cl2N2S. The molecule has 1 fully saturated rings. The third-order valence-electron chi connectivity index (χ3n) is 3.46. The summed E-state index contributed by atoms with van der Waals surface area (Å²) in [7, 11) is 0. The Kier molecular flexibility index (Phi) is 2.50. The van der Waals surface area contributed by atoms with Crippen LogP contribution in [-0.4, -0.2) is 8.71 Å². The number of rotatable bonds is 2. The van der Waals surface area contributed by atoms with Crippen LogP contribution in [0.5, 0.6) is 0 Å². The summed E-state index contributed by atoms with van der Waals surface area (Å²) in [6.07, 6.45) is 0.805. The van der Waals surface area contributed by atoms with Crippen molar-refractivity contribution in [1.82, 2.24) is 4.37 Å². The van der Waals surface area contributed by atoms with E-state index >= 15 is 0 Å². The van der Waals surface area contributed by atoms with E-state index in [4.69, 9.17) is 28.5 Å². The van der Waals surface area contributed by atoms with Gasteiger partial charge in [0.25, 0.3) is 0 Å². The van der Waals surface area contributed by atoms with Crippen LogP contribution in [0.4, 0.5) is 0 Å². The number of hydrogen-bond acceptors (Lipinski definition) is 3. The van der Waals surface area contributed by atoms with Crippen molar-refractivity contribution < 1.29 is 0 Å². The largest absolute Gasteiger partial charge is 0.196 e. The highest BCUT2D eigenvalue weighted by atomic mass is 35.5. The molecule has 2 nitrogen and oxygen atoms in total. The van der Waals surface area contributed by atoms with E-state index in [0.29, 0.717) is 5.56 Å². The highest BCUT2D eigenvalue weighted by molar-refractivity contribution is 7.03. The lowest BCUT2D eigenvalue weighted by Gasteiger charge is -2.13. The molecule has 1 aliphatic rings. The van der Waals surface area contributed by atoms with Crippen molar-refractivity contribution in [3.63, 3.8) is 0 Å². The molecule has 0 bridgehead atoms. The number of alkyl halides is 2. The molecule has 5 heteroatoms. The normalized spacial score (nSPS) is 32.3. The zero-order valence-corrected chi connectivity index (χ0v) is 10.7. The van der Waals surface area contributed by atoms with E-state index in [0.717, 1.165) is 12.1 Å². The average Bonchev–Trinajstić information content (AvgIpc) is 2.62. The van der Waals surface area contributed by atoms with Gasteiger partial charge in [-0.25, -0.2) is 0 Å². The maximum atomic E-state index is 8.98. The Morgan fingerprint density at radius 3 is 2.67 bits per heavy atom. The Morgan fingerprint density at radius 2 is 2.27 bits per heavy atom. The van der Waals surface area contributed by atoms with Crippen LogP contribution in [0.3, 0.4) is 0 Å². The van der Waals surface area contributed by atoms with E-state index in [1.807, 2.05) is 13.8 Å². The van der Waals surface area contributed by atoms with Gasteiger partial charge in [0.2, 0.25) is 0 Å². The molecule has 1 aromatic heterocycles. The number of nitriles is 1. The fraction of sp³-hybridized carbons (Fsp3) is 0.600. The maximum Gasteiger partial charge on any atom is 0.133 e. The summed E-state index contributed by atoms with van der Waals surface area (Å²) < 4.78 is 3.51. The summed E-state index contributed by atoms with van der Waals surface area (Å²) in [5.74, 6) is 0.146. The molecule has 0 radical (unpaired) electrons. The molecule has 0 N–H and O–H groups in total. The summed E-state index contributed by atoms with van der Waals surface area (Å²) in [5, 5.41) is 10.7. The second-order valence-electron chi connectivity index (χ2n) is 3.86. The fourth-order valence-electron chi connectivity index (χ4n) is 2.35. The van der Waals surface area contributed by atoms with Gasteiger partial charge in [-0.2, -0.15) is 9.64 Å². The van der Waals surface area contributed by atoms with Gasteiger partial charge < -0.3 is 0 Å². The molecule has 0 saturated heterocycles. The zero-order valence-electron chi connectivity index (χ0n) is 8.42. The van der Waals surface area contributed by atoms with Crippen LogP contribution in [0.25, 0.3) is 0 Å². The number of halogens is 2. The number of aromatic nitrogens is 1. The summed E-state index contributed by atoms with van der Waals surface area (Å²) in [6, 6.07) is 2.14. The van der Waals surface area contributed by atoms with Gasteiger partial charge in [-0.1, -0.05) is 13.8 Å². The van der Waals surface area contributed by atoms with E-state index in [9.17, 15) is 0 Å². The molecular weight excluding hydrogens is 251 g/mol. The Morgan fingerprint density at radius 1 is 1.67 bits per heavy atom. The average molecular weight is 261 g/mol. The first-order valence-corrected chi connectivity index (χ1v) is 6.34. The molecule has 2 unspecified atom stereocenters. The monoisotopic (exact) mass is 260 g/mol. The van der Waals surface area contributed by atoms with E-state index in [1.54, 1.807) is 5.38 Å². The first-order chi connectivity index (χ1) is 7.02. The molecule has 0 amide bonds. The summed E-state index contributed by atoms with van der Waals surface area (Å²) in [6.45, 7) is 4.04. The third kappa shape index (κ3) is 1.19. The molecule has 1 saturated carbocycles. The lowest BCUT2D eigenvalue weighted by molar-refractivity contribution is 0.590. The minimum atomic E-state index is -0.776. The predicted octanol–water partition coefficient (Wildman–Crippen LogP) is 3.49. The molecule has 15 heavy (non-hydrogen) atoms. The second-order valence-corrected chi connectivity index (χ2v) is 5.87. The highest BCUT2D eigenvalue weighted by Gasteiger charge is 2.74. The van der Waals surface area contributed by atoms with Gasteiger partial charge in [-0.3, -0.25) is 0 Å². The maximum absolute atomic E-state index is 8.98. The molecule has 1 aromatic rings. The summed E-state index contributed by atoms with van der Waals surface area (Å²) in [4.78, 5) is 0. The van der Waals surface area contributed by atoms with E-state index in [1.165, 1.54) is 11.5 Å². The minimum absolute atomic E-state index is 0.146. The fourth-order valence-corrected chi connectivity index (χ4v) is 4.08. The topological polar surface area (TPSA) is 36.7 Å². The summed E-state index contributed by atoms with van der Waals surface area (Å²) in [5.41, 5.74) is 1.05. The van der Waals surface area contributed by atoms with Gasteiger partial charge in [-0.05, 0) is 18.0 Å². The van der Waals surface area contributed by atoms with Gasteiger partial charge in [0.05, 0.1) is 16.7 Å². The Balaban J connectivity index is 2.52. The lowest BCUT2D eigenvalue weighted by Crippen LogP contribution is -2.16. The van der Waals surface area contributed by atoms with E-state index in [-0.39, 0.29) is 11.3 Å². The smallest absolute Gasteiger partial charge is 0.133 e. The molecule has 2 rings (SSSR count). The SMILES string of the molecule is CCC1(c2nscc2C#N)C(C)C1(Cl)Cl. The van der Waals surface area contributed by atoms with Crippen LogP contribution in [-0.2, 0) is 5.41 Å². The molecule has 1 aliphatic carbocycles. The Bertz CT molecular complexity index is 435. The van der Waals surface area contributed by atoms with Crippen molar-refractivity contribution in [2.75, 3.05) is 0 Å². The molecule has 0 aliphatic heterocycles. The Hall–Kier alpha value is -0.300. The zero-order chi connectivity index (χ0) is 11.3. The van der Waals surface area contributed by atoms with E-state index < -0.39 is 4.33 Å². The Labute approximate surface area is 103 Å². The molecule has 80 valence electrons. The third-order valence-corrected chi connectivity index (χ3v) is 5.42. The van der Waals surface area contributed by atoms with Gasteiger partial charge in [0, 0.05) is 11.3 Å². The van der Waals surface area contributed by atoms with Gasteiger partial charge in [-0.15, -0.1) is 23.2 Å². The van der Waals surface area contributed by atoms with Crippen LogP contribution in [0, 0.1) is 17.2 Å². The van der Waals surface area contributed by atoms with Crippen molar-refractivity contribution >= 4 is 34.7 Å². The van der Waals surface area contributed by atoms with Crippen molar-refractivity contribution in [1.29, 1.82) is 5.26 Å². The number of hydrogen-bond donors (Lipinski definition) is 0. The standard InChI is InChI=1S/C10H10Cl2N2S/c1-3-9(6(2)10(9,11)12)8-7(4-13)5-15-14-8/h5-6H,3H2,1-2H3. The summed E-state index contributed by atoms with van der Waals surface area (Å²) >= 11 is 13.8. The quantitative estimate of drug-likeness (QED) is 0.764. The van der Waals surface area contributed by atoms with Crippen molar-refractivity contribution in [2.45, 2.75) is 30.0 Å². The first-order valence-electron chi connectivity index (χ1n) is 4.75. The predicted molar refractivity (Wildman–Crippen MR) is 62.4 cm³/mol. The van der Waals surface area contributed by atoms with Crippen molar-refractivity contribution in [3.8, 4) is 6.07 Å². The lowest BCUT2D eigenvalue weighted by atomic mass is 9.93. The molecule has 1 heterocycles. The highest BCUT2D eigenvalue weighted by Crippen LogP contribution is 2.71. The van der Waals surface area contributed by atoms with E-state index in [2.05, 4.69) is 10.4 Å². The number of nitrogens with zero attached hydrogens (tertiary/aromatic N) is 2. The van der Waals surface area contributed by atoms with Gasteiger partial charge in [0.15, 0.2) is 0 Å². The van der Waals surface area contributed by atoms with Crippen LogP contribution in [0.15, 0.2) is 5.38 Å². The van der Waals surface area contributed by atoms with Crippen LogP contribution in [0.1, 0.15) is 31.5 Å². The van der Waals surface area contributed by atoms with Crippen molar-refractivity contribution in [3.05, 3.63) is 16.6 Å². The molecule has 2 atom stereocenters. The minimum Gasteiger partial charge on any atom is -0.196 e. The van der Waals surface area contributed by atoms with Crippen molar-refractivity contribution in [2.24, 2.45) is 5.92 Å². The molecule has 0 spiro atoms. The van der Waals surface area contributed by atoms with Gasteiger partial charge >= 0.3 is 0 Å². The first kappa shape index (κ1) is 11.2. The van der Waals surface area contributed by atoms with Gasteiger partial charge in [0.1, 0.15) is 10.4 Å². The van der Waals surface area contributed by atoms with Crippen LogP contribution in [0.2, 0.25) is 0 Å². The van der Waals surface area contributed by atoms with Crippen LogP contribution >= 0.6 is 34.7 Å².